The maximum atomic E-state index is 13.2. The minimum atomic E-state index is -3.97. The number of halogens is 2. The summed E-state index contributed by atoms with van der Waals surface area (Å²) in [6.07, 6.45) is 2.89. The first-order chi connectivity index (χ1) is 13.3. The molecular formula is C18H12ClFN4O3S. The van der Waals surface area contributed by atoms with Crippen molar-refractivity contribution in [3.05, 3.63) is 77.5 Å². The van der Waals surface area contributed by atoms with Crippen LogP contribution in [0.15, 0.2) is 65.8 Å². The molecule has 28 heavy (non-hydrogen) atoms. The van der Waals surface area contributed by atoms with Gasteiger partial charge >= 0.3 is 0 Å². The molecule has 0 bridgehead atoms. The quantitative estimate of drug-likeness (QED) is 0.528. The number of nitrogens with zero attached hydrogens (tertiary/aromatic N) is 2. The molecule has 0 saturated carbocycles. The highest BCUT2D eigenvalue weighted by molar-refractivity contribution is 7.89. The molecule has 0 aliphatic carbocycles. The normalized spacial score (nSPS) is 11.6. The average Bonchev–Trinajstić information content (AvgIpc) is 3.33. The summed E-state index contributed by atoms with van der Waals surface area (Å²) < 4.78 is 39.5. The van der Waals surface area contributed by atoms with Gasteiger partial charge in [-0.1, -0.05) is 11.6 Å². The van der Waals surface area contributed by atoms with E-state index in [2.05, 4.69) is 15.4 Å². The van der Waals surface area contributed by atoms with Gasteiger partial charge in [-0.2, -0.15) is 17.6 Å². The molecule has 0 radical (unpaired) electrons. The smallest absolute Gasteiger partial charge is 0.282 e. The molecule has 0 saturated heterocycles. The summed E-state index contributed by atoms with van der Waals surface area (Å²) in [4.78, 5) is 15.3. The van der Waals surface area contributed by atoms with E-state index < -0.39 is 21.7 Å². The summed E-state index contributed by atoms with van der Waals surface area (Å²) in [7, 11) is -3.97. The van der Waals surface area contributed by atoms with Crippen LogP contribution in [-0.4, -0.2) is 28.5 Å². The van der Waals surface area contributed by atoms with Crippen LogP contribution >= 0.6 is 11.6 Å². The van der Waals surface area contributed by atoms with Gasteiger partial charge in [0.2, 0.25) is 0 Å². The Balaban J connectivity index is 1.60. The summed E-state index contributed by atoms with van der Waals surface area (Å²) in [5.41, 5.74) is 0.941. The predicted molar refractivity (Wildman–Crippen MR) is 102 cm³/mol. The van der Waals surface area contributed by atoms with Crippen LogP contribution in [0.4, 0.5) is 10.1 Å². The van der Waals surface area contributed by atoms with Crippen LogP contribution in [-0.2, 0) is 10.0 Å². The monoisotopic (exact) mass is 418 g/mol. The van der Waals surface area contributed by atoms with Gasteiger partial charge in [0.25, 0.3) is 15.9 Å². The van der Waals surface area contributed by atoms with Crippen molar-refractivity contribution in [2.24, 2.45) is 0 Å². The van der Waals surface area contributed by atoms with E-state index in [4.69, 9.17) is 11.6 Å². The number of hydrogen-bond acceptors (Lipinski definition) is 4. The van der Waals surface area contributed by atoms with Crippen LogP contribution in [0.25, 0.3) is 10.9 Å². The molecule has 0 atom stereocenters. The number of hydrogen-bond donors (Lipinski definition) is 2. The number of amides is 1. The average molecular weight is 419 g/mol. The van der Waals surface area contributed by atoms with Crippen LogP contribution in [0.5, 0.6) is 0 Å². The number of rotatable bonds is 4. The van der Waals surface area contributed by atoms with E-state index in [9.17, 15) is 17.6 Å². The summed E-state index contributed by atoms with van der Waals surface area (Å²) in [5.74, 6) is -1.27. The van der Waals surface area contributed by atoms with Crippen molar-refractivity contribution >= 4 is 44.1 Å². The molecule has 0 aliphatic rings. The van der Waals surface area contributed by atoms with E-state index in [0.29, 0.717) is 0 Å². The SMILES string of the molecule is O=C(Nc1ccc(F)c(Cl)c1)c1ccn(S(=O)(=O)c2ccc3[nH]ccc3c2)n1. The number of carbonyl (C=O) groups excluding carboxylic acids is 1. The second-order valence-electron chi connectivity index (χ2n) is 5.89. The minimum Gasteiger partial charge on any atom is -0.361 e. The molecule has 0 unspecified atom stereocenters. The Bertz CT molecular complexity index is 1310. The standard InChI is InChI=1S/C18H12ClFN4O3S/c19-14-10-12(1-3-15(14)20)22-18(25)17-6-8-24(23-17)28(26,27)13-2-4-16-11(9-13)5-7-21-16/h1-10,21H,(H,22,25). The first kappa shape index (κ1) is 18.2. The van der Waals surface area contributed by atoms with E-state index in [1.165, 1.54) is 36.5 Å². The van der Waals surface area contributed by atoms with Crippen molar-refractivity contribution in [1.29, 1.82) is 0 Å². The summed E-state index contributed by atoms with van der Waals surface area (Å²) >= 11 is 5.68. The van der Waals surface area contributed by atoms with Crippen molar-refractivity contribution in [2.75, 3.05) is 5.32 Å². The van der Waals surface area contributed by atoms with Crippen LogP contribution in [0.3, 0.4) is 0 Å². The van der Waals surface area contributed by atoms with Gasteiger partial charge in [0.15, 0.2) is 5.69 Å². The largest absolute Gasteiger partial charge is 0.361 e. The molecule has 142 valence electrons. The van der Waals surface area contributed by atoms with Crippen molar-refractivity contribution in [2.45, 2.75) is 4.90 Å². The van der Waals surface area contributed by atoms with Crippen molar-refractivity contribution in [3.8, 4) is 0 Å². The Morgan fingerprint density at radius 3 is 2.75 bits per heavy atom. The second kappa shape index (κ2) is 6.77. The molecule has 2 N–H and O–H groups in total. The first-order valence-corrected chi connectivity index (χ1v) is 9.81. The maximum Gasteiger partial charge on any atom is 0.282 e. The van der Waals surface area contributed by atoms with Crippen LogP contribution < -0.4 is 5.32 Å². The third kappa shape index (κ3) is 3.25. The molecule has 2 heterocycles. The zero-order chi connectivity index (χ0) is 19.9. The Morgan fingerprint density at radius 2 is 1.96 bits per heavy atom. The van der Waals surface area contributed by atoms with E-state index in [1.807, 2.05) is 0 Å². The molecule has 7 nitrogen and oxygen atoms in total. The first-order valence-electron chi connectivity index (χ1n) is 7.99. The maximum absolute atomic E-state index is 13.2. The van der Waals surface area contributed by atoms with E-state index >= 15 is 0 Å². The second-order valence-corrected chi connectivity index (χ2v) is 8.09. The number of H-pyrrole nitrogens is 1. The van der Waals surface area contributed by atoms with Crippen molar-refractivity contribution in [3.63, 3.8) is 0 Å². The molecule has 1 amide bonds. The van der Waals surface area contributed by atoms with Crippen LogP contribution in [0.1, 0.15) is 10.5 Å². The fourth-order valence-corrected chi connectivity index (χ4v) is 3.96. The topological polar surface area (TPSA) is 96.9 Å². The van der Waals surface area contributed by atoms with Gasteiger partial charge in [0.1, 0.15) is 5.82 Å². The molecule has 0 fully saturated rings. The van der Waals surface area contributed by atoms with Crippen LogP contribution in [0, 0.1) is 5.82 Å². The number of anilines is 1. The number of carbonyl (C=O) groups is 1. The molecule has 4 rings (SSSR count). The highest BCUT2D eigenvalue weighted by Crippen LogP contribution is 2.21. The minimum absolute atomic E-state index is 0.0416. The molecule has 10 heteroatoms. The molecule has 2 aromatic heterocycles. The van der Waals surface area contributed by atoms with Crippen molar-refractivity contribution in [1.82, 2.24) is 14.2 Å². The molecular weight excluding hydrogens is 407 g/mol. The van der Waals surface area contributed by atoms with Crippen molar-refractivity contribution < 1.29 is 17.6 Å². The van der Waals surface area contributed by atoms with Gasteiger partial charge in [0.05, 0.1) is 9.92 Å². The van der Waals surface area contributed by atoms with Gasteiger partial charge in [0, 0.05) is 29.0 Å². The lowest BCUT2D eigenvalue weighted by molar-refractivity contribution is 0.102. The third-order valence-corrected chi connectivity index (χ3v) is 5.88. The Morgan fingerprint density at radius 1 is 1.14 bits per heavy atom. The number of fused-ring (bicyclic) bond motifs is 1. The highest BCUT2D eigenvalue weighted by atomic mass is 35.5. The lowest BCUT2D eigenvalue weighted by atomic mass is 10.2. The van der Waals surface area contributed by atoms with E-state index in [1.54, 1.807) is 18.3 Å². The predicted octanol–water partition coefficient (Wildman–Crippen LogP) is 3.65. The molecule has 4 aromatic rings. The number of aromatic nitrogens is 3. The Labute approximate surface area is 163 Å². The third-order valence-electron chi connectivity index (χ3n) is 4.05. The van der Waals surface area contributed by atoms with Gasteiger partial charge < -0.3 is 10.3 Å². The highest BCUT2D eigenvalue weighted by Gasteiger charge is 2.21. The summed E-state index contributed by atoms with van der Waals surface area (Å²) in [5, 5.41) is 6.94. The van der Waals surface area contributed by atoms with Crippen LogP contribution in [0.2, 0.25) is 5.02 Å². The fraction of sp³-hybridized carbons (Fsp3) is 0. The van der Waals surface area contributed by atoms with Gasteiger partial charge in [-0.05, 0) is 48.5 Å². The number of nitrogens with one attached hydrogen (secondary N) is 2. The lowest BCUT2D eigenvalue weighted by Crippen LogP contribution is -2.17. The van der Waals surface area contributed by atoms with E-state index in [0.717, 1.165) is 21.1 Å². The molecule has 0 spiro atoms. The van der Waals surface area contributed by atoms with Gasteiger partial charge in [-0.15, -0.1) is 0 Å². The van der Waals surface area contributed by atoms with Gasteiger partial charge in [-0.3, -0.25) is 4.79 Å². The summed E-state index contributed by atoms with van der Waals surface area (Å²) in [6, 6.07) is 11.3. The number of aromatic amines is 1. The van der Waals surface area contributed by atoms with Gasteiger partial charge in [-0.25, -0.2) is 4.39 Å². The summed E-state index contributed by atoms with van der Waals surface area (Å²) in [6.45, 7) is 0. The number of benzene rings is 2. The zero-order valence-electron chi connectivity index (χ0n) is 14.1. The Kier molecular flexibility index (Phi) is 4.40. The molecule has 0 aliphatic heterocycles. The lowest BCUT2D eigenvalue weighted by Gasteiger charge is -2.05. The zero-order valence-corrected chi connectivity index (χ0v) is 15.6. The molecule has 2 aromatic carbocycles. The Hall–Kier alpha value is -3.17. The van der Waals surface area contributed by atoms with E-state index in [-0.39, 0.29) is 21.3 Å². The fourth-order valence-electron chi connectivity index (χ4n) is 2.63.